The Morgan fingerprint density at radius 1 is 1.25 bits per heavy atom. The summed E-state index contributed by atoms with van der Waals surface area (Å²) in [4.78, 5) is 4.01. The number of hydrogen-bond acceptors (Lipinski definition) is 3. The highest BCUT2D eigenvalue weighted by molar-refractivity contribution is 9.10. The Hall–Kier alpha value is -1.53. The average Bonchev–Trinajstić information content (AvgIpc) is 2.42. The molecule has 0 unspecified atom stereocenters. The summed E-state index contributed by atoms with van der Waals surface area (Å²) in [6.45, 7) is -1.79. The molecule has 6 heteroatoms. The highest BCUT2D eigenvalue weighted by Crippen LogP contribution is 2.24. The van der Waals surface area contributed by atoms with Crippen molar-refractivity contribution in [2.45, 2.75) is 19.7 Å². The minimum atomic E-state index is -2.83. The smallest absolute Gasteiger partial charge is 0.387 e. The molecule has 1 aromatic heterocycles. The number of nitrogens with zero attached hydrogens (tertiary/aromatic N) is 1. The third-order valence-electron chi connectivity index (χ3n) is 2.61. The van der Waals surface area contributed by atoms with Gasteiger partial charge < -0.3 is 10.1 Å². The zero-order valence-electron chi connectivity index (χ0n) is 10.5. The van der Waals surface area contributed by atoms with Gasteiger partial charge in [0.25, 0.3) is 0 Å². The number of rotatable bonds is 6. The van der Waals surface area contributed by atoms with Crippen molar-refractivity contribution in [3.05, 3.63) is 58.3 Å². The summed E-state index contributed by atoms with van der Waals surface area (Å²) in [6, 6.07) is 8.74. The van der Waals surface area contributed by atoms with Gasteiger partial charge in [0, 0.05) is 35.5 Å². The van der Waals surface area contributed by atoms with Crippen LogP contribution in [-0.2, 0) is 13.1 Å². The lowest BCUT2D eigenvalue weighted by molar-refractivity contribution is -0.0505. The summed E-state index contributed by atoms with van der Waals surface area (Å²) in [5, 5.41) is 3.17. The van der Waals surface area contributed by atoms with Crippen LogP contribution in [0.4, 0.5) is 8.78 Å². The molecule has 0 aliphatic carbocycles. The van der Waals surface area contributed by atoms with E-state index < -0.39 is 6.61 Å². The molecule has 0 bridgehead atoms. The molecule has 0 spiro atoms. The molecule has 0 aliphatic heterocycles. The van der Waals surface area contributed by atoms with Crippen LogP contribution in [0.25, 0.3) is 0 Å². The van der Waals surface area contributed by atoms with E-state index in [1.54, 1.807) is 24.5 Å². The van der Waals surface area contributed by atoms with Gasteiger partial charge in [-0.15, -0.1) is 0 Å². The predicted octanol–water partition coefficient (Wildman–Crippen LogP) is 3.74. The number of hydrogen-bond donors (Lipinski definition) is 1. The average molecular weight is 343 g/mol. The summed E-state index contributed by atoms with van der Waals surface area (Å²) in [5.41, 5.74) is 1.70. The summed E-state index contributed by atoms with van der Waals surface area (Å²) in [5.74, 6) is 0.182. The van der Waals surface area contributed by atoms with E-state index >= 15 is 0 Å². The molecular formula is C14H13BrF2N2O. The van der Waals surface area contributed by atoms with Crippen molar-refractivity contribution in [1.82, 2.24) is 10.3 Å². The van der Waals surface area contributed by atoms with Crippen LogP contribution in [0.15, 0.2) is 47.2 Å². The van der Waals surface area contributed by atoms with Gasteiger partial charge in [0.2, 0.25) is 0 Å². The molecule has 0 radical (unpaired) electrons. The standard InChI is InChI=1S/C14H13BrF2N2O/c15-12-3-4-13(20-14(16)17)11(6-12)9-19-8-10-2-1-5-18-7-10/h1-7,14,19H,8-9H2. The Balaban J connectivity index is 1.99. The number of halogens is 3. The maximum absolute atomic E-state index is 12.3. The molecule has 0 saturated heterocycles. The van der Waals surface area contributed by atoms with Gasteiger partial charge in [-0.05, 0) is 29.8 Å². The summed E-state index contributed by atoms with van der Waals surface area (Å²) < 4.78 is 30.0. The number of alkyl halides is 2. The molecule has 1 aromatic carbocycles. The van der Waals surface area contributed by atoms with Crippen LogP contribution in [0, 0.1) is 0 Å². The lowest BCUT2D eigenvalue weighted by Crippen LogP contribution is -2.14. The van der Waals surface area contributed by atoms with Crippen molar-refractivity contribution in [3.8, 4) is 5.75 Å². The normalized spacial score (nSPS) is 10.8. The van der Waals surface area contributed by atoms with E-state index in [2.05, 4.69) is 31.0 Å². The fourth-order valence-corrected chi connectivity index (χ4v) is 2.15. The fourth-order valence-electron chi connectivity index (χ4n) is 1.74. The molecule has 20 heavy (non-hydrogen) atoms. The van der Waals surface area contributed by atoms with Crippen molar-refractivity contribution in [2.24, 2.45) is 0 Å². The van der Waals surface area contributed by atoms with Crippen molar-refractivity contribution in [3.63, 3.8) is 0 Å². The molecule has 1 N–H and O–H groups in total. The second kappa shape index (κ2) is 7.31. The Morgan fingerprint density at radius 3 is 2.80 bits per heavy atom. The van der Waals surface area contributed by atoms with E-state index in [1.807, 2.05) is 12.1 Å². The first-order valence-electron chi connectivity index (χ1n) is 5.98. The van der Waals surface area contributed by atoms with E-state index in [-0.39, 0.29) is 5.75 Å². The van der Waals surface area contributed by atoms with Crippen LogP contribution in [0.3, 0.4) is 0 Å². The molecule has 0 saturated carbocycles. The minimum Gasteiger partial charge on any atom is -0.434 e. The number of aromatic nitrogens is 1. The van der Waals surface area contributed by atoms with Gasteiger partial charge >= 0.3 is 6.61 Å². The highest BCUT2D eigenvalue weighted by Gasteiger charge is 2.09. The van der Waals surface area contributed by atoms with Gasteiger partial charge in [-0.25, -0.2) is 0 Å². The molecule has 2 rings (SSSR count). The number of ether oxygens (including phenoxy) is 1. The van der Waals surface area contributed by atoms with Gasteiger partial charge in [-0.3, -0.25) is 4.98 Å². The molecule has 1 heterocycles. The topological polar surface area (TPSA) is 34.1 Å². The molecule has 0 fully saturated rings. The molecule has 106 valence electrons. The zero-order chi connectivity index (χ0) is 14.4. The molecule has 0 aliphatic rings. The number of benzene rings is 1. The minimum absolute atomic E-state index is 0.182. The van der Waals surface area contributed by atoms with Crippen LogP contribution in [0.1, 0.15) is 11.1 Å². The van der Waals surface area contributed by atoms with E-state index in [0.29, 0.717) is 18.7 Å². The first-order chi connectivity index (χ1) is 9.65. The molecule has 0 amide bonds. The second-order valence-electron chi connectivity index (χ2n) is 4.10. The van der Waals surface area contributed by atoms with Gasteiger partial charge in [0.15, 0.2) is 0 Å². The maximum atomic E-state index is 12.3. The lowest BCUT2D eigenvalue weighted by Gasteiger charge is -2.12. The van der Waals surface area contributed by atoms with Gasteiger partial charge in [-0.1, -0.05) is 22.0 Å². The Labute approximate surface area is 124 Å². The van der Waals surface area contributed by atoms with Crippen LogP contribution in [0.5, 0.6) is 5.75 Å². The SMILES string of the molecule is FC(F)Oc1ccc(Br)cc1CNCc1cccnc1. The van der Waals surface area contributed by atoms with Crippen molar-refractivity contribution in [1.29, 1.82) is 0 Å². The van der Waals surface area contributed by atoms with Gasteiger partial charge in [0.1, 0.15) is 5.75 Å². The zero-order valence-corrected chi connectivity index (χ0v) is 12.1. The number of pyridine rings is 1. The third-order valence-corrected chi connectivity index (χ3v) is 3.10. The van der Waals surface area contributed by atoms with Crippen LogP contribution >= 0.6 is 15.9 Å². The summed E-state index contributed by atoms with van der Waals surface area (Å²) in [6.07, 6.45) is 3.46. The quantitative estimate of drug-likeness (QED) is 0.868. The Bertz CT molecular complexity index is 552. The first-order valence-corrected chi connectivity index (χ1v) is 6.77. The third kappa shape index (κ3) is 4.54. The van der Waals surface area contributed by atoms with Crippen LogP contribution in [-0.4, -0.2) is 11.6 Å². The molecule has 0 atom stereocenters. The Morgan fingerprint density at radius 2 is 2.10 bits per heavy atom. The first kappa shape index (κ1) is 14.9. The van der Waals surface area contributed by atoms with Crippen LogP contribution in [0.2, 0.25) is 0 Å². The predicted molar refractivity (Wildman–Crippen MR) is 75.6 cm³/mol. The monoisotopic (exact) mass is 342 g/mol. The largest absolute Gasteiger partial charge is 0.434 e. The Kier molecular flexibility index (Phi) is 5.43. The summed E-state index contributed by atoms with van der Waals surface area (Å²) in [7, 11) is 0. The lowest BCUT2D eigenvalue weighted by atomic mass is 10.2. The molecule has 3 nitrogen and oxygen atoms in total. The maximum Gasteiger partial charge on any atom is 0.387 e. The van der Waals surface area contributed by atoms with Gasteiger partial charge in [-0.2, -0.15) is 8.78 Å². The van der Waals surface area contributed by atoms with Crippen molar-refractivity contribution >= 4 is 15.9 Å². The van der Waals surface area contributed by atoms with Gasteiger partial charge in [0.05, 0.1) is 0 Å². The fraction of sp³-hybridized carbons (Fsp3) is 0.214. The highest BCUT2D eigenvalue weighted by atomic mass is 79.9. The molecular weight excluding hydrogens is 330 g/mol. The van der Waals surface area contributed by atoms with E-state index in [0.717, 1.165) is 10.0 Å². The van der Waals surface area contributed by atoms with E-state index in [1.165, 1.54) is 6.07 Å². The molecule has 2 aromatic rings. The van der Waals surface area contributed by atoms with E-state index in [4.69, 9.17) is 0 Å². The summed E-state index contributed by atoms with van der Waals surface area (Å²) >= 11 is 3.32. The van der Waals surface area contributed by atoms with Crippen LogP contribution < -0.4 is 10.1 Å². The number of nitrogens with one attached hydrogen (secondary N) is 1. The van der Waals surface area contributed by atoms with E-state index in [9.17, 15) is 8.78 Å². The second-order valence-corrected chi connectivity index (χ2v) is 5.01. The van der Waals surface area contributed by atoms with Crippen molar-refractivity contribution < 1.29 is 13.5 Å². The van der Waals surface area contributed by atoms with Crippen molar-refractivity contribution in [2.75, 3.05) is 0 Å².